The van der Waals surface area contributed by atoms with Crippen LogP contribution in [-0.2, 0) is 0 Å². The quantitative estimate of drug-likeness (QED) is 0.743. The van der Waals surface area contributed by atoms with Gasteiger partial charge in [-0.15, -0.1) is 0 Å². The minimum atomic E-state index is 0.0277. The van der Waals surface area contributed by atoms with Gasteiger partial charge in [-0.25, -0.2) is 9.97 Å². The molecule has 1 fully saturated rings. The van der Waals surface area contributed by atoms with Gasteiger partial charge in [-0.2, -0.15) is 0 Å². The number of anilines is 1. The summed E-state index contributed by atoms with van der Waals surface area (Å²) >= 11 is 0. The van der Waals surface area contributed by atoms with Gasteiger partial charge < -0.3 is 20.0 Å². The number of hydrogen-bond acceptors (Lipinski definition) is 6. The molecule has 0 radical (unpaired) electrons. The maximum Gasteiger partial charge on any atom is 0.257 e. The number of nitrogens with one attached hydrogen (secondary N) is 1. The number of likely N-dealkylation sites (N-methyl/N-ethyl adjacent to an activating group) is 1. The van der Waals surface area contributed by atoms with Gasteiger partial charge in [0.2, 0.25) is 5.95 Å². The van der Waals surface area contributed by atoms with E-state index in [1.54, 1.807) is 12.4 Å². The van der Waals surface area contributed by atoms with E-state index in [-0.39, 0.29) is 5.91 Å². The lowest BCUT2D eigenvalue weighted by molar-refractivity contribution is 0.0642. The average Bonchev–Trinajstić information content (AvgIpc) is 2.58. The highest BCUT2D eigenvalue weighted by molar-refractivity contribution is 5.93. The van der Waals surface area contributed by atoms with Crippen molar-refractivity contribution in [3.05, 3.63) is 18.0 Å². The van der Waals surface area contributed by atoms with Crippen molar-refractivity contribution in [1.82, 2.24) is 24.7 Å². The number of carbonyl (C=O) groups excluding carboxylic acids is 1. The van der Waals surface area contributed by atoms with Crippen molar-refractivity contribution < 1.29 is 4.79 Å². The summed E-state index contributed by atoms with van der Waals surface area (Å²) in [4.78, 5) is 27.3. The summed E-state index contributed by atoms with van der Waals surface area (Å²) in [5.41, 5.74) is 0.564. The molecule has 1 aliphatic heterocycles. The van der Waals surface area contributed by atoms with Gasteiger partial charge in [-0.05, 0) is 33.6 Å². The van der Waals surface area contributed by atoms with Crippen LogP contribution in [0.2, 0.25) is 0 Å². The van der Waals surface area contributed by atoms with E-state index in [9.17, 15) is 4.79 Å². The first-order chi connectivity index (χ1) is 11.1. The third-order valence-electron chi connectivity index (χ3n) is 4.07. The van der Waals surface area contributed by atoms with E-state index in [0.717, 1.165) is 52.2 Å². The molecule has 0 spiro atoms. The molecule has 7 nitrogen and oxygen atoms in total. The van der Waals surface area contributed by atoms with Crippen molar-refractivity contribution in [2.24, 2.45) is 0 Å². The van der Waals surface area contributed by atoms with E-state index in [0.29, 0.717) is 11.5 Å². The predicted octanol–water partition coefficient (Wildman–Crippen LogP) is 0.618. The molecule has 2 rings (SSSR count). The topological polar surface area (TPSA) is 64.6 Å². The van der Waals surface area contributed by atoms with Gasteiger partial charge in [0.05, 0.1) is 5.56 Å². The lowest BCUT2D eigenvalue weighted by Gasteiger charge is -2.33. The highest BCUT2D eigenvalue weighted by Crippen LogP contribution is 2.08. The molecule has 2 heterocycles. The lowest BCUT2D eigenvalue weighted by Crippen LogP contribution is -2.48. The number of carbonyl (C=O) groups is 1. The van der Waals surface area contributed by atoms with Crippen molar-refractivity contribution in [3.8, 4) is 0 Å². The minimum Gasteiger partial charge on any atom is -0.354 e. The van der Waals surface area contributed by atoms with Crippen molar-refractivity contribution in [1.29, 1.82) is 0 Å². The third-order valence-corrected chi connectivity index (χ3v) is 4.07. The Bertz CT molecular complexity index is 482. The first-order valence-electron chi connectivity index (χ1n) is 8.32. The summed E-state index contributed by atoms with van der Waals surface area (Å²) < 4.78 is 0. The molecule has 1 aromatic rings. The Morgan fingerprint density at radius 1 is 1.22 bits per heavy atom. The van der Waals surface area contributed by atoms with Crippen LogP contribution in [0.15, 0.2) is 12.4 Å². The molecule has 128 valence electrons. The largest absolute Gasteiger partial charge is 0.354 e. The van der Waals surface area contributed by atoms with E-state index in [4.69, 9.17) is 0 Å². The molecular formula is C16H28N6O. The van der Waals surface area contributed by atoms with Crippen molar-refractivity contribution in [2.45, 2.75) is 13.3 Å². The molecule has 0 aliphatic carbocycles. The highest BCUT2D eigenvalue weighted by atomic mass is 16.2. The minimum absolute atomic E-state index is 0.0277. The summed E-state index contributed by atoms with van der Waals surface area (Å²) in [6.07, 6.45) is 4.27. The molecule has 0 aromatic carbocycles. The summed E-state index contributed by atoms with van der Waals surface area (Å²) in [6, 6.07) is 0. The first kappa shape index (κ1) is 17.6. The highest BCUT2D eigenvalue weighted by Gasteiger charge is 2.21. The van der Waals surface area contributed by atoms with Crippen LogP contribution in [-0.4, -0.2) is 90.5 Å². The van der Waals surface area contributed by atoms with Gasteiger partial charge in [0.25, 0.3) is 5.91 Å². The Balaban J connectivity index is 1.81. The fraction of sp³-hybridized carbons (Fsp3) is 0.688. The Morgan fingerprint density at radius 2 is 1.87 bits per heavy atom. The Labute approximate surface area is 138 Å². The second-order valence-electron chi connectivity index (χ2n) is 6.11. The van der Waals surface area contributed by atoms with Gasteiger partial charge in [-0.3, -0.25) is 4.79 Å². The van der Waals surface area contributed by atoms with Crippen molar-refractivity contribution >= 4 is 11.9 Å². The molecule has 1 N–H and O–H groups in total. The Kier molecular flexibility index (Phi) is 6.73. The lowest BCUT2D eigenvalue weighted by atomic mass is 10.2. The van der Waals surface area contributed by atoms with Crippen LogP contribution in [0.5, 0.6) is 0 Å². The molecule has 23 heavy (non-hydrogen) atoms. The van der Waals surface area contributed by atoms with Gasteiger partial charge >= 0.3 is 0 Å². The molecule has 1 aromatic heterocycles. The fourth-order valence-corrected chi connectivity index (χ4v) is 2.58. The number of rotatable bonds is 7. The molecular weight excluding hydrogens is 292 g/mol. The summed E-state index contributed by atoms with van der Waals surface area (Å²) in [7, 11) is 4.11. The zero-order valence-corrected chi connectivity index (χ0v) is 14.5. The molecule has 0 unspecified atom stereocenters. The van der Waals surface area contributed by atoms with E-state index in [1.165, 1.54) is 0 Å². The summed E-state index contributed by atoms with van der Waals surface area (Å²) in [6.45, 7) is 8.46. The van der Waals surface area contributed by atoms with E-state index < -0.39 is 0 Å². The first-order valence-corrected chi connectivity index (χ1v) is 8.32. The Hall–Kier alpha value is -1.73. The zero-order valence-electron chi connectivity index (χ0n) is 14.5. The van der Waals surface area contributed by atoms with Crippen LogP contribution in [0.3, 0.4) is 0 Å². The maximum atomic E-state index is 12.4. The van der Waals surface area contributed by atoms with Crippen LogP contribution in [0.25, 0.3) is 0 Å². The van der Waals surface area contributed by atoms with Crippen LogP contribution < -0.4 is 5.32 Å². The molecule has 1 saturated heterocycles. The molecule has 0 bridgehead atoms. The molecule has 1 aliphatic rings. The van der Waals surface area contributed by atoms with E-state index >= 15 is 0 Å². The van der Waals surface area contributed by atoms with Crippen LogP contribution in [0.1, 0.15) is 23.7 Å². The normalized spacial score (nSPS) is 15.9. The number of nitrogens with zero attached hydrogens (tertiary/aromatic N) is 5. The average molecular weight is 320 g/mol. The van der Waals surface area contributed by atoms with E-state index in [2.05, 4.69) is 46.1 Å². The fourth-order valence-electron chi connectivity index (χ4n) is 2.58. The maximum absolute atomic E-state index is 12.4. The van der Waals surface area contributed by atoms with Crippen molar-refractivity contribution in [2.75, 3.05) is 65.2 Å². The monoisotopic (exact) mass is 320 g/mol. The predicted molar refractivity (Wildman–Crippen MR) is 91.7 cm³/mol. The van der Waals surface area contributed by atoms with Gasteiger partial charge in [0, 0.05) is 45.1 Å². The summed E-state index contributed by atoms with van der Waals surface area (Å²) in [5.74, 6) is 0.607. The van der Waals surface area contributed by atoms with Crippen LogP contribution in [0.4, 0.5) is 5.95 Å². The molecule has 7 heteroatoms. The number of amides is 1. The second-order valence-corrected chi connectivity index (χ2v) is 6.11. The third kappa shape index (κ3) is 5.44. The molecule has 0 atom stereocenters. The summed E-state index contributed by atoms with van der Waals surface area (Å²) in [5, 5.41) is 3.18. The van der Waals surface area contributed by atoms with Gasteiger partial charge in [0.15, 0.2) is 0 Å². The van der Waals surface area contributed by atoms with Gasteiger partial charge in [-0.1, -0.05) is 6.92 Å². The molecule has 0 saturated carbocycles. The van der Waals surface area contributed by atoms with E-state index in [1.807, 2.05) is 4.90 Å². The van der Waals surface area contributed by atoms with Crippen molar-refractivity contribution in [3.63, 3.8) is 0 Å². The number of hydrogen-bond donors (Lipinski definition) is 1. The SMILES string of the molecule is CCN1CCN(C(=O)c2cnc(NCCCN(C)C)nc2)CC1. The number of aromatic nitrogens is 2. The second kappa shape index (κ2) is 8.79. The smallest absolute Gasteiger partial charge is 0.257 e. The Morgan fingerprint density at radius 3 is 2.43 bits per heavy atom. The standard InChI is InChI=1S/C16H28N6O/c1-4-21-8-10-22(11-9-21)15(23)14-12-18-16(19-13-14)17-6-5-7-20(2)3/h12-13H,4-11H2,1-3H3,(H,17,18,19). The number of piperazine rings is 1. The van der Waals surface area contributed by atoms with Crippen LogP contribution in [0, 0.1) is 0 Å². The van der Waals surface area contributed by atoms with Crippen LogP contribution >= 0.6 is 0 Å². The van der Waals surface area contributed by atoms with Gasteiger partial charge in [0.1, 0.15) is 0 Å². The zero-order chi connectivity index (χ0) is 16.7. The molecule has 1 amide bonds.